The van der Waals surface area contributed by atoms with Crippen molar-refractivity contribution in [3.8, 4) is 0 Å². The van der Waals surface area contributed by atoms with Crippen molar-refractivity contribution < 1.29 is 33.8 Å². The van der Waals surface area contributed by atoms with Crippen molar-refractivity contribution >= 4 is 24.1 Å². The van der Waals surface area contributed by atoms with Gasteiger partial charge in [-0.1, -0.05) is 73.3 Å². The predicted molar refractivity (Wildman–Crippen MR) is 137 cm³/mol. The van der Waals surface area contributed by atoms with Crippen molar-refractivity contribution in [3.05, 3.63) is 84.4 Å². The van der Waals surface area contributed by atoms with Crippen LogP contribution in [0, 0.1) is 0 Å². The van der Waals surface area contributed by atoms with Crippen molar-refractivity contribution in [2.45, 2.75) is 44.4 Å². The molecule has 0 spiro atoms. The number of carboxylic acid groups (broad SMARTS) is 1. The highest BCUT2D eigenvalue weighted by Crippen LogP contribution is 2.07. The molecule has 0 aliphatic heterocycles. The summed E-state index contributed by atoms with van der Waals surface area (Å²) in [6, 6.07) is 15.9. The fourth-order valence-corrected chi connectivity index (χ4v) is 3.35. The lowest BCUT2D eigenvalue weighted by Crippen LogP contribution is -2.52. The Morgan fingerprint density at radius 1 is 0.838 bits per heavy atom. The van der Waals surface area contributed by atoms with Crippen LogP contribution in [0.25, 0.3) is 0 Å². The topological polar surface area (TPSA) is 143 Å². The normalized spacial score (nSPS) is 11.9. The average molecular weight is 512 g/mol. The second kappa shape index (κ2) is 16.4. The van der Waals surface area contributed by atoms with Crippen LogP contribution in [-0.2, 0) is 32.1 Å². The smallest absolute Gasteiger partial charge is 0.408 e. The van der Waals surface area contributed by atoms with E-state index < -0.39 is 36.1 Å². The molecule has 0 aromatic heterocycles. The molecule has 3 amide bonds. The third kappa shape index (κ3) is 11.8. The summed E-state index contributed by atoms with van der Waals surface area (Å²) in [4.78, 5) is 48.6. The monoisotopic (exact) mass is 511 g/mol. The van der Waals surface area contributed by atoms with Crippen LogP contribution >= 0.6 is 0 Å². The number of carbonyl (C=O) groups excluding carboxylic acids is 3. The molecule has 0 fully saturated rings. The van der Waals surface area contributed by atoms with Crippen molar-refractivity contribution in [2.75, 3.05) is 13.2 Å². The molecule has 2 aromatic rings. The number of aliphatic carboxylic acids is 1. The zero-order chi connectivity index (χ0) is 26.9. The molecule has 37 heavy (non-hydrogen) atoms. The zero-order valence-electron chi connectivity index (χ0n) is 20.6. The number of carbonyl (C=O) groups is 4. The molecule has 0 saturated carbocycles. The molecule has 0 heterocycles. The molecule has 0 bridgehead atoms. The van der Waals surface area contributed by atoms with E-state index in [4.69, 9.17) is 9.47 Å². The Hall–Kier alpha value is -4.34. The van der Waals surface area contributed by atoms with E-state index in [1.807, 2.05) is 24.3 Å². The SMILES string of the molecule is C=CCOC(=O)NCCCCC(NC(=O)[C@H](Cc1ccccc1)NC(=O)OCc1ccccc1)C(=O)O. The van der Waals surface area contributed by atoms with Crippen LogP contribution in [0.3, 0.4) is 0 Å². The highest BCUT2D eigenvalue weighted by Gasteiger charge is 2.27. The third-order valence-electron chi connectivity index (χ3n) is 5.24. The molecular weight excluding hydrogens is 478 g/mol. The summed E-state index contributed by atoms with van der Waals surface area (Å²) in [5, 5.41) is 17.2. The number of unbranched alkanes of at least 4 members (excludes halogenated alkanes) is 1. The Kier molecular flexibility index (Phi) is 12.8. The molecule has 2 aromatic carbocycles. The van der Waals surface area contributed by atoms with Crippen molar-refractivity contribution in [1.29, 1.82) is 0 Å². The quantitative estimate of drug-likeness (QED) is 0.212. The third-order valence-corrected chi connectivity index (χ3v) is 5.24. The fraction of sp³-hybridized carbons (Fsp3) is 0.333. The molecule has 0 saturated heterocycles. The Balaban J connectivity index is 1.92. The van der Waals surface area contributed by atoms with Crippen LogP contribution in [0.4, 0.5) is 9.59 Å². The second-order valence-electron chi connectivity index (χ2n) is 8.16. The summed E-state index contributed by atoms with van der Waals surface area (Å²) in [5.41, 5.74) is 1.57. The second-order valence-corrected chi connectivity index (χ2v) is 8.16. The summed E-state index contributed by atoms with van der Waals surface area (Å²) in [7, 11) is 0. The van der Waals surface area contributed by atoms with Gasteiger partial charge in [0.1, 0.15) is 25.3 Å². The summed E-state index contributed by atoms with van der Waals surface area (Å²) in [6.45, 7) is 3.86. The van der Waals surface area contributed by atoms with Crippen LogP contribution < -0.4 is 16.0 Å². The van der Waals surface area contributed by atoms with E-state index in [-0.39, 0.29) is 26.1 Å². The van der Waals surface area contributed by atoms with Gasteiger partial charge in [0.15, 0.2) is 0 Å². The Morgan fingerprint density at radius 3 is 2.11 bits per heavy atom. The first-order chi connectivity index (χ1) is 17.9. The van der Waals surface area contributed by atoms with E-state index in [0.29, 0.717) is 19.4 Å². The van der Waals surface area contributed by atoms with Gasteiger partial charge in [-0.15, -0.1) is 0 Å². The number of benzene rings is 2. The first-order valence-electron chi connectivity index (χ1n) is 11.9. The number of alkyl carbamates (subject to hydrolysis) is 2. The molecule has 2 rings (SSSR count). The lowest BCUT2D eigenvalue weighted by atomic mass is 10.0. The minimum absolute atomic E-state index is 0.0271. The van der Waals surface area contributed by atoms with Gasteiger partial charge >= 0.3 is 18.2 Å². The van der Waals surface area contributed by atoms with Gasteiger partial charge in [-0.25, -0.2) is 14.4 Å². The molecule has 10 nitrogen and oxygen atoms in total. The maximum absolute atomic E-state index is 13.0. The molecule has 0 aliphatic rings. The van der Waals surface area contributed by atoms with E-state index in [9.17, 15) is 24.3 Å². The van der Waals surface area contributed by atoms with E-state index in [1.54, 1.807) is 36.4 Å². The Labute approximate surface area is 216 Å². The van der Waals surface area contributed by atoms with Crippen LogP contribution in [0.5, 0.6) is 0 Å². The molecule has 0 radical (unpaired) electrons. The first kappa shape index (κ1) is 28.9. The number of hydrogen-bond acceptors (Lipinski definition) is 6. The standard InChI is InChI=1S/C27H33N3O7/c1-2-17-36-26(34)28-16-10-9-15-22(25(32)33)29-24(31)23(18-20-11-5-3-6-12-20)30-27(35)37-19-21-13-7-4-8-14-21/h2-8,11-14,22-23H,1,9-10,15-19H2,(H,28,34)(H,29,31)(H,30,35)(H,32,33)/t22?,23-/m0/s1. The van der Waals surface area contributed by atoms with Gasteiger partial charge < -0.3 is 30.5 Å². The van der Waals surface area contributed by atoms with Gasteiger partial charge in [0, 0.05) is 13.0 Å². The van der Waals surface area contributed by atoms with Crippen molar-refractivity contribution in [3.63, 3.8) is 0 Å². The summed E-state index contributed by atoms with van der Waals surface area (Å²) >= 11 is 0. The van der Waals surface area contributed by atoms with Gasteiger partial charge in [0.2, 0.25) is 5.91 Å². The first-order valence-corrected chi connectivity index (χ1v) is 11.9. The lowest BCUT2D eigenvalue weighted by Gasteiger charge is -2.21. The maximum atomic E-state index is 13.0. The zero-order valence-corrected chi connectivity index (χ0v) is 20.6. The van der Waals surface area contributed by atoms with Gasteiger partial charge in [-0.05, 0) is 30.4 Å². The molecule has 198 valence electrons. The van der Waals surface area contributed by atoms with Crippen molar-refractivity contribution in [1.82, 2.24) is 16.0 Å². The van der Waals surface area contributed by atoms with Crippen LogP contribution in [0.2, 0.25) is 0 Å². The van der Waals surface area contributed by atoms with Gasteiger partial charge in [-0.3, -0.25) is 4.79 Å². The number of carboxylic acids is 1. The summed E-state index contributed by atoms with van der Waals surface area (Å²) in [6.07, 6.45) is 1.27. The minimum Gasteiger partial charge on any atom is -0.480 e. The number of rotatable bonds is 15. The van der Waals surface area contributed by atoms with Crippen LogP contribution in [0.15, 0.2) is 73.3 Å². The molecule has 1 unspecified atom stereocenters. The minimum atomic E-state index is -1.20. The number of ether oxygens (including phenoxy) is 2. The molecule has 4 N–H and O–H groups in total. The van der Waals surface area contributed by atoms with E-state index in [1.165, 1.54) is 6.08 Å². The lowest BCUT2D eigenvalue weighted by molar-refractivity contribution is -0.142. The molecule has 2 atom stereocenters. The fourth-order valence-electron chi connectivity index (χ4n) is 3.35. The molecule has 0 aliphatic carbocycles. The Morgan fingerprint density at radius 2 is 1.49 bits per heavy atom. The summed E-state index contributed by atoms with van der Waals surface area (Å²) in [5.74, 6) is -1.84. The Bertz CT molecular complexity index is 1020. The highest BCUT2D eigenvalue weighted by molar-refractivity contribution is 5.89. The largest absolute Gasteiger partial charge is 0.480 e. The van der Waals surface area contributed by atoms with Crippen molar-refractivity contribution in [2.24, 2.45) is 0 Å². The maximum Gasteiger partial charge on any atom is 0.408 e. The van der Waals surface area contributed by atoms with Crippen LogP contribution in [-0.4, -0.2) is 54.4 Å². The molecule has 10 heteroatoms. The summed E-state index contributed by atoms with van der Waals surface area (Å²) < 4.78 is 10.0. The highest BCUT2D eigenvalue weighted by atomic mass is 16.6. The van der Waals surface area contributed by atoms with Gasteiger partial charge in [0.25, 0.3) is 0 Å². The van der Waals surface area contributed by atoms with E-state index >= 15 is 0 Å². The molecular formula is C27H33N3O7. The number of nitrogens with one attached hydrogen (secondary N) is 3. The predicted octanol–water partition coefficient (Wildman–Crippen LogP) is 3.18. The average Bonchev–Trinajstić information content (AvgIpc) is 2.90. The van der Waals surface area contributed by atoms with Gasteiger partial charge in [-0.2, -0.15) is 0 Å². The van der Waals surface area contributed by atoms with Crippen LogP contribution in [0.1, 0.15) is 30.4 Å². The van der Waals surface area contributed by atoms with Gasteiger partial charge in [0.05, 0.1) is 0 Å². The number of hydrogen-bond donors (Lipinski definition) is 4. The number of amides is 3. The van der Waals surface area contributed by atoms with E-state index in [0.717, 1.165) is 11.1 Å². The van der Waals surface area contributed by atoms with E-state index in [2.05, 4.69) is 22.5 Å².